The second kappa shape index (κ2) is 9.26. The van der Waals surface area contributed by atoms with Crippen molar-refractivity contribution in [3.05, 3.63) is 146 Å². The molecule has 9 rings (SSSR count). The molecule has 4 heterocycles. The fourth-order valence-electron chi connectivity index (χ4n) is 6.19. The highest BCUT2D eigenvalue weighted by molar-refractivity contribution is 6.10. The van der Waals surface area contributed by atoms with E-state index in [2.05, 4.69) is 117 Å². The molecule has 202 valence electrons. The molecule has 4 aromatic heterocycles. The molecule has 5 aromatic carbocycles. The molecule has 43 heavy (non-hydrogen) atoms. The van der Waals surface area contributed by atoms with Gasteiger partial charge in [0.05, 0.1) is 22.2 Å². The van der Waals surface area contributed by atoms with Gasteiger partial charge in [0.25, 0.3) is 0 Å². The summed E-state index contributed by atoms with van der Waals surface area (Å²) in [5.74, 6) is 2.23. The molecular formula is C37H24N6. The first-order valence-electron chi connectivity index (χ1n) is 14.3. The minimum absolute atomic E-state index is 0.667. The van der Waals surface area contributed by atoms with E-state index in [1.54, 1.807) is 0 Å². The van der Waals surface area contributed by atoms with Gasteiger partial charge in [-0.25, -0.2) is 15.0 Å². The lowest BCUT2D eigenvalue weighted by Crippen LogP contribution is -2.03. The van der Waals surface area contributed by atoms with Crippen LogP contribution in [0, 0.1) is 0 Å². The lowest BCUT2D eigenvalue weighted by molar-refractivity contribution is 1.02. The van der Waals surface area contributed by atoms with Crippen molar-refractivity contribution < 1.29 is 0 Å². The van der Waals surface area contributed by atoms with Crippen molar-refractivity contribution in [3.63, 3.8) is 0 Å². The molecule has 9 aromatic rings. The zero-order valence-corrected chi connectivity index (χ0v) is 23.0. The van der Waals surface area contributed by atoms with Crippen LogP contribution in [0.25, 0.3) is 73.0 Å². The molecule has 0 saturated heterocycles. The van der Waals surface area contributed by atoms with Crippen molar-refractivity contribution >= 4 is 38.9 Å². The number of hydrogen-bond donors (Lipinski definition) is 0. The van der Waals surface area contributed by atoms with Gasteiger partial charge >= 0.3 is 0 Å². The molecule has 0 amide bonds. The van der Waals surface area contributed by atoms with Crippen LogP contribution in [0.4, 0.5) is 0 Å². The second-order valence-corrected chi connectivity index (χ2v) is 10.6. The molecule has 0 saturated carbocycles. The summed E-state index contributed by atoms with van der Waals surface area (Å²) < 4.78 is 6.81. The first-order valence-corrected chi connectivity index (χ1v) is 14.3. The summed E-state index contributed by atoms with van der Waals surface area (Å²) in [5.41, 5.74) is 9.11. The average molecular weight is 553 g/mol. The molecule has 0 radical (unpaired) electrons. The number of nitrogens with zero attached hydrogens (tertiary/aromatic N) is 6. The monoisotopic (exact) mass is 552 g/mol. The minimum Gasteiger partial charge on any atom is -0.294 e. The Morgan fingerprint density at radius 1 is 0.488 bits per heavy atom. The van der Waals surface area contributed by atoms with E-state index in [0.29, 0.717) is 5.82 Å². The molecule has 0 aliphatic carbocycles. The van der Waals surface area contributed by atoms with Gasteiger partial charge in [-0.15, -0.1) is 0 Å². The van der Waals surface area contributed by atoms with E-state index in [-0.39, 0.29) is 0 Å². The van der Waals surface area contributed by atoms with Crippen LogP contribution in [0.1, 0.15) is 0 Å². The number of rotatable bonds is 4. The van der Waals surface area contributed by atoms with Crippen LogP contribution < -0.4 is 0 Å². The molecule has 0 fully saturated rings. The number of fused-ring (bicyclic) bond motifs is 7. The molecule has 6 heteroatoms. The maximum absolute atomic E-state index is 5.22. The van der Waals surface area contributed by atoms with Gasteiger partial charge in [-0.3, -0.25) is 13.5 Å². The molecule has 0 bridgehead atoms. The van der Waals surface area contributed by atoms with E-state index in [1.807, 2.05) is 42.5 Å². The Kier molecular flexibility index (Phi) is 5.10. The summed E-state index contributed by atoms with van der Waals surface area (Å²) in [6.07, 6.45) is 0. The van der Waals surface area contributed by atoms with E-state index in [1.165, 1.54) is 0 Å². The molecule has 0 atom stereocenters. The Bertz CT molecular complexity index is 2380. The molecule has 0 N–H and O–H groups in total. The van der Waals surface area contributed by atoms with Crippen LogP contribution in [-0.4, -0.2) is 28.5 Å². The molecule has 0 unspecified atom stereocenters. The smallest absolute Gasteiger partial charge is 0.223 e. The van der Waals surface area contributed by atoms with Crippen molar-refractivity contribution in [2.75, 3.05) is 0 Å². The number of aromatic nitrogens is 6. The van der Waals surface area contributed by atoms with Gasteiger partial charge in [0.2, 0.25) is 5.78 Å². The fourth-order valence-corrected chi connectivity index (χ4v) is 6.19. The Morgan fingerprint density at radius 2 is 1.12 bits per heavy atom. The van der Waals surface area contributed by atoms with Gasteiger partial charge in [0.15, 0.2) is 11.5 Å². The van der Waals surface area contributed by atoms with Gasteiger partial charge in [0, 0.05) is 28.3 Å². The predicted molar refractivity (Wildman–Crippen MR) is 173 cm³/mol. The van der Waals surface area contributed by atoms with Crippen LogP contribution in [0.3, 0.4) is 0 Å². The highest BCUT2D eigenvalue weighted by Gasteiger charge is 2.26. The summed E-state index contributed by atoms with van der Waals surface area (Å²) in [6, 6.07) is 49.9. The number of para-hydroxylation sites is 4. The molecule has 6 nitrogen and oxygen atoms in total. The number of imidazole rings is 2. The Hall–Kier alpha value is -6.01. The first kappa shape index (κ1) is 23.7. The normalized spacial score (nSPS) is 11.7. The zero-order chi connectivity index (χ0) is 28.3. The van der Waals surface area contributed by atoms with Crippen LogP contribution in [0.5, 0.6) is 0 Å². The number of hydrogen-bond acceptors (Lipinski definition) is 3. The Morgan fingerprint density at radius 3 is 1.88 bits per heavy atom. The predicted octanol–water partition coefficient (Wildman–Crippen LogP) is 8.50. The van der Waals surface area contributed by atoms with E-state index < -0.39 is 0 Å². The van der Waals surface area contributed by atoms with Crippen molar-refractivity contribution in [2.24, 2.45) is 0 Å². The lowest BCUT2D eigenvalue weighted by Gasteiger charge is -2.10. The summed E-state index contributed by atoms with van der Waals surface area (Å²) in [5, 5.41) is 1.12. The summed E-state index contributed by atoms with van der Waals surface area (Å²) in [4.78, 5) is 15.5. The van der Waals surface area contributed by atoms with Crippen molar-refractivity contribution in [1.29, 1.82) is 0 Å². The quantitative estimate of drug-likeness (QED) is 0.220. The van der Waals surface area contributed by atoms with E-state index in [4.69, 9.17) is 15.0 Å². The summed E-state index contributed by atoms with van der Waals surface area (Å²) >= 11 is 0. The average Bonchev–Trinajstić information content (AvgIpc) is 3.72. The SMILES string of the molecule is c1ccc(-c2cc(-n3c4c5ccccc5n(-c5ccccc5)c4n4c5ccccc5nc34)nc(-c3ccccc3)n2)cc1. The summed E-state index contributed by atoms with van der Waals surface area (Å²) in [7, 11) is 0. The van der Waals surface area contributed by atoms with Gasteiger partial charge < -0.3 is 0 Å². The highest BCUT2D eigenvalue weighted by Crippen LogP contribution is 2.38. The zero-order valence-electron chi connectivity index (χ0n) is 23.0. The molecule has 0 aliphatic rings. The third kappa shape index (κ3) is 3.57. The van der Waals surface area contributed by atoms with E-state index >= 15 is 0 Å². The second-order valence-electron chi connectivity index (χ2n) is 10.6. The van der Waals surface area contributed by atoms with Crippen molar-refractivity contribution in [2.45, 2.75) is 0 Å². The van der Waals surface area contributed by atoms with Crippen LogP contribution in [-0.2, 0) is 0 Å². The van der Waals surface area contributed by atoms with Crippen LogP contribution >= 0.6 is 0 Å². The maximum Gasteiger partial charge on any atom is 0.223 e. The standard InChI is InChI=1S/C37H24N6/c1-4-14-25(15-5-1)30-24-33(40-35(38-30)26-16-6-2-7-17-26)43-34-28-20-10-12-22-31(28)41(27-18-8-3-9-19-27)36(34)42-32-23-13-11-21-29(32)39-37(42)43/h1-24H. The van der Waals surface area contributed by atoms with Gasteiger partial charge in [-0.2, -0.15) is 0 Å². The lowest BCUT2D eigenvalue weighted by atomic mass is 10.1. The summed E-state index contributed by atoms with van der Waals surface area (Å²) in [6.45, 7) is 0. The third-order valence-corrected chi connectivity index (χ3v) is 8.06. The highest BCUT2D eigenvalue weighted by atomic mass is 15.3. The minimum atomic E-state index is 0.667. The van der Waals surface area contributed by atoms with Gasteiger partial charge in [-0.05, 0) is 30.3 Å². The largest absolute Gasteiger partial charge is 0.294 e. The van der Waals surface area contributed by atoms with Gasteiger partial charge in [-0.1, -0.05) is 109 Å². The fraction of sp³-hybridized carbons (Fsp3) is 0. The maximum atomic E-state index is 5.22. The molecule has 0 aliphatic heterocycles. The van der Waals surface area contributed by atoms with E-state index in [0.717, 1.165) is 67.2 Å². The van der Waals surface area contributed by atoms with Crippen molar-refractivity contribution in [3.8, 4) is 34.2 Å². The molecular weight excluding hydrogens is 528 g/mol. The van der Waals surface area contributed by atoms with Gasteiger partial charge in [0.1, 0.15) is 11.3 Å². The van der Waals surface area contributed by atoms with E-state index in [9.17, 15) is 0 Å². The first-order chi connectivity index (χ1) is 21.3. The number of benzene rings is 5. The van der Waals surface area contributed by atoms with Crippen LogP contribution in [0.15, 0.2) is 146 Å². The molecule has 0 spiro atoms. The Labute approximate surface area is 246 Å². The third-order valence-electron chi connectivity index (χ3n) is 8.06. The van der Waals surface area contributed by atoms with Crippen LogP contribution in [0.2, 0.25) is 0 Å². The Balaban J connectivity index is 1.48. The van der Waals surface area contributed by atoms with Crippen molar-refractivity contribution in [1.82, 2.24) is 28.5 Å². The topological polar surface area (TPSA) is 52.9 Å².